The first kappa shape index (κ1) is 22.1. The standard InChI is InChI=1S/C23H27Cl2NO3/c24-20-12-11-18(15-21(20)25)19(9-6-14-29-22-10-4-5-13-28-22)16-26-23(27)17-7-2-1-3-8-17/h1-3,7-8,11-12,15,19,22H,4-6,9-10,13-14,16H2,(H,26,27). The van der Waals surface area contributed by atoms with Crippen molar-refractivity contribution in [1.82, 2.24) is 5.32 Å². The average Bonchev–Trinajstić information content (AvgIpc) is 2.76. The van der Waals surface area contributed by atoms with Crippen LogP contribution in [0.5, 0.6) is 0 Å². The molecule has 0 aliphatic carbocycles. The molecule has 1 aliphatic heterocycles. The Morgan fingerprint density at radius 3 is 2.69 bits per heavy atom. The van der Waals surface area contributed by atoms with E-state index < -0.39 is 0 Å². The number of halogens is 2. The fraction of sp³-hybridized carbons (Fsp3) is 0.435. The van der Waals surface area contributed by atoms with Gasteiger partial charge >= 0.3 is 0 Å². The highest BCUT2D eigenvalue weighted by molar-refractivity contribution is 6.42. The van der Waals surface area contributed by atoms with Crippen LogP contribution in [0.3, 0.4) is 0 Å². The number of carbonyl (C=O) groups excluding carboxylic acids is 1. The molecular formula is C23H27Cl2NO3. The smallest absolute Gasteiger partial charge is 0.251 e. The van der Waals surface area contributed by atoms with Crippen LogP contribution in [-0.2, 0) is 9.47 Å². The summed E-state index contributed by atoms with van der Waals surface area (Å²) in [6, 6.07) is 14.9. The molecule has 1 fully saturated rings. The Balaban J connectivity index is 1.56. The van der Waals surface area contributed by atoms with Crippen LogP contribution in [0.4, 0.5) is 0 Å². The quantitative estimate of drug-likeness (QED) is 0.503. The second-order valence-corrected chi connectivity index (χ2v) is 8.07. The third-order valence-corrected chi connectivity index (χ3v) is 5.84. The van der Waals surface area contributed by atoms with Crippen LogP contribution in [0.1, 0.15) is 53.9 Å². The zero-order chi connectivity index (χ0) is 20.5. The molecule has 0 radical (unpaired) electrons. The summed E-state index contributed by atoms with van der Waals surface area (Å²) in [6.07, 6.45) is 4.88. The van der Waals surface area contributed by atoms with Gasteiger partial charge < -0.3 is 14.8 Å². The second-order valence-electron chi connectivity index (χ2n) is 7.26. The van der Waals surface area contributed by atoms with Crippen molar-refractivity contribution in [3.8, 4) is 0 Å². The maximum Gasteiger partial charge on any atom is 0.251 e. The van der Waals surface area contributed by atoms with Gasteiger partial charge in [-0.2, -0.15) is 0 Å². The highest BCUT2D eigenvalue weighted by Gasteiger charge is 2.17. The molecule has 1 N–H and O–H groups in total. The Labute approximate surface area is 182 Å². The number of carbonyl (C=O) groups is 1. The van der Waals surface area contributed by atoms with Crippen molar-refractivity contribution in [3.05, 3.63) is 69.7 Å². The monoisotopic (exact) mass is 435 g/mol. The number of hydrogen-bond donors (Lipinski definition) is 1. The van der Waals surface area contributed by atoms with Crippen LogP contribution >= 0.6 is 23.2 Å². The summed E-state index contributed by atoms with van der Waals surface area (Å²) >= 11 is 12.3. The minimum atomic E-state index is -0.0810. The number of nitrogens with one attached hydrogen (secondary N) is 1. The van der Waals surface area contributed by atoms with E-state index in [1.54, 1.807) is 6.07 Å². The summed E-state index contributed by atoms with van der Waals surface area (Å²) in [5.41, 5.74) is 1.71. The van der Waals surface area contributed by atoms with Gasteiger partial charge in [-0.05, 0) is 61.9 Å². The molecule has 4 nitrogen and oxygen atoms in total. The molecule has 1 heterocycles. The number of rotatable bonds is 9. The van der Waals surface area contributed by atoms with Gasteiger partial charge in [0.05, 0.1) is 10.0 Å². The number of ether oxygens (including phenoxy) is 2. The highest BCUT2D eigenvalue weighted by Crippen LogP contribution is 2.29. The molecule has 6 heteroatoms. The predicted molar refractivity (Wildman–Crippen MR) is 117 cm³/mol. The summed E-state index contributed by atoms with van der Waals surface area (Å²) < 4.78 is 11.5. The summed E-state index contributed by atoms with van der Waals surface area (Å²) in [6.45, 7) is 1.93. The van der Waals surface area contributed by atoms with Gasteiger partial charge in [-0.1, -0.05) is 47.5 Å². The van der Waals surface area contributed by atoms with Gasteiger partial charge in [0.1, 0.15) is 0 Å². The Bertz CT molecular complexity index is 779. The van der Waals surface area contributed by atoms with Gasteiger partial charge in [-0.25, -0.2) is 0 Å². The lowest BCUT2D eigenvalue weighted by Gasteiger charge is -2.23. The largest absolute Gasteiger partial charge is 0.353 e. The summed E-state index contributed by atoms with van der Waals surface area (Å²) in [7, 11) is 0. The molecule has 2 aromatic carbocycles. The molecule has 1 saturated heterocycles. The van der Waals surface area contributed by atoms with Crippen LogP contribution in [-0.4, -0.2) is 32.0 Å². The van der Waals surface area contributed by atoms with E-state index in [2.05, 4.69) is 5.32 Å². The Morgan fingerprint density at radius 1 is 1.14 bits per heavy atom. The molecule has 0 saturated carbocycles. The van der Waals surface area contributed by atoms with E-state index >= 15 is 0 Å². The lowest BCUT2D eigenvalue weighted by molar-refractivity contribution is -0.162. The summed E-state index contributed by atoms with van der Waals surface area (Å²) in [4.78, 5) is 12.4. The fourth-order valence-corrected chi connectivity index (χ4v) is 3.75. The Hall–Kier alpha value is -1.59. The van der Waals surface area contributed by atoms with Crippen LogP contribution < -0.4 is 5.32 Å². The normalized spacial score (nSPS) is 17.7. The van der Waals surface area contributed by atoms with Crippen LogP contribution in [0.15, 0.2) is 48.5 Å². The molecule has 0 spiro atoms. The average molecular weight is 436 g/mol. The SMILES string of the molecule is O=C(NCC(CCCOC1CCCCO1)c1ccc(Cl)c(Cl)c1)c1ccccc1. The lowest BCUT2D eigenvalue weighted by atomic mass is 9.94. The van der Waals surface area contributed by atoms with E-state index in [1.165, 1.54) is 0 Å². The summed E-state index contributed by atoms with van der Waals surface area (Å²) in [5.74, 6) is 0.0378. The second kappa shape index (κ2) is 11.6. The van der Waals surface area contributed by atoms with Gasteiger partial charge in [-0.15, -0.1) is 0 Å². The van der Waals surface area contributed by atoms with E-state index in [0.29, 0.717) is 28.8 Å². The maximum atomic E-state index is 12.4. The van der Waals surface area contributed by atoms with Crippen molar-refractivity contribution in [1.29, 1.82) is 0 Å². The minimum absolute atomic E-state index is 0.0787. The Morgan fingerprint density at radius 2 is 1.97 bits per heavy atom. The van der Waals surface area contributed by atoms with Gasteiger partial charge in [0, 0.05) is 31.2 Å². The molecule has 2 unspecified atom stereocenters. The zero-order valence-electron chi connectivity index (χ0n) is 16.4. The fourth-order valence-electron chi connectivity index (χ4n) is 3.45. The van der Waals surface area contributed by atoms with E-state index in [4.69, 9.17) is 32.7 Å². The molecule has 3 rings (SSSR count). The van der Waals surface area contributed by atoms with Crippen LogP contribution in [0.25, 0.3) is 0 Å². The van der Waals surface area contributed by atoms with E-state index in [9.17, 15) is 4.79 Å². The maximum absolute atomic E-state index is 12.4. The molecule has 0 aromatic heterocycles. The topological polar surface area (TPSA) is 47.6 Å². The first-order chi connectivity index (χ1) is 14.1. The van der Waals surface area contributed by atoms with Gasteiger partial charge in [-0.3, -0.25) is 4.79 Å². The van der Waals surface area contributed by atoms with Gasteiger partial charge in [0.15, 0.2) is 6.29 Å². The predicted octanol–water partition coefficient (Wildman–Crippen LogP) is 5.83. The molecule has 1 aliphatic rings. The zero-order valence-corrected chi connectivity index (χ0v) is 17.9. The van der Waals surface area contributed by atoms with Crippen molar-refractivity contribution in [2.75, 3.05) is 19.8 Å². The van der Waals surface area contributed by atoms with Crippen molar-refractivity contribution in [2.45, 2.75) is 44.3 Å². The van der Waals surface area contributed by atoms with E-state index in [0.717, 1.165) is 44.3 Å². The molecular weight excluding hydrogens is 409 g/mol. The van der Waals surface area contributed by atoms with Crippen molar-refractivity contribution in [2.24, 2.45) is 0 Å². The van der Waals surface area contributed by atoms with E-state index in [1.807, 2.05) is 42.5 Å². The molecule has 0 bridgehead atoms. The van der Waals surface area contributed by atoms with Crippen LogP contribution in [0, 0.1) is 0 Å². The number of amides is 1. The first-order valence-electron chi connectivity index (χ1n) is 10.1. The molecule has 2 aromatic rings. The molecule has 156 valence electrons. The van der Waals surface area contributed by atoms with Crippen molar-refractivity contribution < 1.29 is 14.3 Å². The first-order valence-corrected chi connectivity index (χ1v) is 10.9. The van der Waals surface area contributed by atoms with Crippen molar-refractivity contribution in [3.63, 3.8) is 0 Å². The number of benzene rings is 2. The molecule has 29 heavy (non-hydrogen) atoms. The van der Waals surface area contributed by atoms with Gasteiger partial charge in [0.2, 0.25) is 0 Å². The third kappa shape index (κ3) is 7.00. The van der Waals surface area contributed by atoms with Crippen LogP contribution in [0.2, 0.25) is 10.0 Å². The lowest BCUT2D eigenvalue weighted by Crippen LogP contribution is -2.28. The van der Waals surface area contributed by atoms with E-state index in [-0.39, 0.29) is 18.1 Å². The molecule has 2 atom stereocenters. The van der Waals surface area contributed by atoms with Crippen molar-refractivity contribution >= 4 is 29.1 Å². The minimum Gasteiger partial charge on any atom is -0.353 e. The third-order valence-electron chi connectivity index (χ3n) is 5.10. The summed E-state index contributed by atoms with van der Waals surface area (Å²) in [5, 5.41) is 4.09. The number of hydrogen-bond acceptors (Lipinski definition) is 3. The Kier molecular flexibility index (Phi) is 8.81. The highest BCUT2D eigenvalue weighted by atomic mass is 35.5. The molecule has 1 amide bonds. The van der Waals surface area contributed by atoms with Gasteiger partial charge in [0.25, 0.3) is 5.91 Å².